The van der Waals surface area contributed by atoms with E-state index in [1.54, 1.807) is 6.92 Å². The molecule has 64 valence electrons. The van der Waals surface area contributed by atoms with Gasteiger partial charge in [0.1, 0.15) is 5.78 Å². The molecule has 1 N–H and O–H groups in total. The molecule has 0 aliphatic heterocycles. The summed E-state index contributed by atoms with van der Waals surface area (Å²) < 4.78 is 0. The molecular weight excluding hydrogens is 140 g/mol. The van der Waals surface area contributed by atoms with Crippen LogP contribution in [0.2, 0.25) is 0 Å². The predicted molar refractivity (Wildman–Crippen MR) is 43.3 cm³/mol. The van der Waals surface area contributed by atoms with Crippen molar-refractivity contribution in [2.75, 3.05) is 0 Å². The Labute approximate surface area is 67.6 Å². The largest absolute Gasteiger partial charge is 0.393 e. The summed E-state index contributed by atoms with van der Waals surface area (Å²) in [4.78, 5) is 10.7. The summed E-state index contributed by atoms with van der Waals surface area (Å²) in [6.45, 7) is 1.64. The van der Waals surface area contributed by atoms with Crippen LogP contribution in [0.15, 0.2) is 0 Å². The molecule has 1 aliphatic rings. The van der Waals surface area contributed by atoms with Crippen LogP contribution < -0.4 is 0 Å². The van der Waals surface area contributed by atoms with Crippen LogP contribution >= 0.6 is 0 Å². The van der Waals surface area contributed by atoms with Crippen molar-refractivity contribution in [3.05, 3.63) is 0 Å². The SMILES string of the molecule is CC(=O)CC1CCC(O)CC1. The fourth-order valence-electron chi connectivity index (χ4n) is 1.76. The zero-order valence-corrected chi connectivity index (χ0v) is 7.05. The van der Waals surface area contributed by atoms with E-state index in [1.165, 1.54) is 0 Å². The molecule has 1 saturated carbocycles. The van der Waals surface area contributed by atoms with Gasteiger partial charge in [-0.1, -0.05) is 0 Å². The van der Waals surface area contributed by atoms with Gasteiger partial charge in [-0.3, -0.25) is 0 Å². The number of carbonyl (C=O) groups is 1. The lowest BCUT2D eigenvalue weighted by molar-refractivity contribution is -0.118. The smallest absolute Gasteiger partial charge is 0.130 e. The van der Waals surface area contributed by atoms with Crippen LogP contribution in [0.5, 0.6) is 0 Å². The first kappa shape index (κ1) is 8.72. The Kier molecular flexibility index (Phi) is 3.06. The van der Waals surface area contributed by atoms with Crippen molar-refractivity contribution in [3.63, 3.8) is 0 Å². The molecule has 0 radical (unpaired) electrons. The minimum absolute atomic E-state index is 0.0989. The maximum Gasteiger partial charge on any atom is 0.130 e. The van der Waals surface area contributed by atoms with Gasteiger partial charge in [-0.2, -0.15) is 0 Å². The van der Waals surface area contributed by atoms with Crippen LogP contribution in [0.3, 0.4) is 0 Å². The van der Waals surface area contributed by atoms with Gasteiger partial charge in [-0.05, 0) is 38.5 Å². The van der Waals surface area contributed by atoms with E-state index in [4.69, 9.17) is 0 Å². The first-order valence-electron chi connectivity index (χ1n) is 4.36. The molecule has 0 atom stereocenters. The van der Waals surface area contributed by atoms with Crippen LogP contribution in [0.1, 0.15) is 39.0 Å². The topological polar surface area (TPSA) is 37.3 Å². The normalized spacial score (nSPS) is 31.8. The van der Waals surface area contributed by atoms with E-state index in [1.807, 2.05) is 0 Å². The van der Waals surface area contributed by atoms with Crippen molar-refractivity contribution in [3.8, 4) is 0 Å². The average molecular weight is 156 g/mol. The van der Waals surface area contributed by atoms with Crippen LogP contribution in [0, 0.1) is 5.92 Å². The second kappa shape index (κ2) is 3.86. The third-order valence-electron chi connectivity index (χ3n) is 2.39. The third kappa shape index (κ3) is 3.02. The number of ketones is 1. The van der Waals surface area contributed by atoms with Gasteiger partial charge in [-0.15, -0.1) is 0 Å². The summed E-state index contributed by atoms with van der Waals surface area (Å²) in [6.07, 6.45) is 4.45. The summed E-state index contributed by atoms with van der Waals surface area (Å²) in [5, 5.41) is 9.18. The zero-order chi connectivity index (χ0) is 8.27. The number of hydrogen-bond donors (Lipinski definition) is 1. The maximum absolute atomic E-state index is 10.7. The molecular formula is C9H16O2. The number of hydrogen-bond acceptors (Lipinski definition) is 2. The molecule has 0 aromatic carbocycles. The van der Waals surface area contributed by atoms with Gasteiger partial charge in [0.2, 0.25) is 0 Å². The fraction of sp³-hybridized carbons (Fsp3) is 0.889. The molecule has 0 aromatic heterocycles. The lowest BCUT2D eigenvalue weighted by atomic mass is 9.84. The third-order valence-corrected chi connectivity index (χ3v) is 2.39. The molecule has 1 rings (SSSR count). The van der Waals surface area contributed by atoms with E-state index in [2.05, 4.69) is 0 Å². The van der Waals surface area contributed by atoms with Gasteiger partial charge in [0, 0.05) is 6.42 Å². The first-order valence-corrected chi connectivity index (χ1v) is 4.36. The van der Waals surface area contributed by atoms with Gasteiger partial charge in [0.15, 0.2) is 0 Å². The zero-order valence-electron chi connectivity index (χ0n) is 7.05. The van der Waals surface area contributed by atoms with Gasteiger partial charge in [0.05, 0.1) is 6.10 Å². The van der Waals surface area contributed by atoms with Crippen molar-refractivity contribution < 1.29 is 9.90 Å². The Balaban J connectivity index is 2.22. The van der Waals surface area contributed by atoms with Crippen molar-refractivity contribution in [1.29, 1.82) is 0 Å². The Morgan fingerprint density at radius 1 is 1.36 bits per heavy atom. The number of carbonyl (C=O) groups excluding carboxylic acids is 1. The number of aliphatic hydroxyl groups is 1. The molecule has 0 amide bonds. The van der Waals surface area contributed by atoms with Crippen molar-refractivity contribution in [2.45, 2.75) is 45.1 Å². The van der Waals surface area contributed by atoms with Crippen molar-refractivity contribution in [2.24, 2.45) is 5.92 Å². The molecule has 11 heavy (non-hydrogen) atoms. The molecule has 0 spiro atoms. The quantitative estimate of drug-likeness (QED) is 0.658. The standard InChI is InChI=1S/C9H16O2/c1-7(10)6-8-2-4-9(11)5-3-8/h8-9,11H,2-6H2,1H3. The molecule has 0 bridgehead atoms. The molecule has 0 unspecified atom stereocenters. The fourth-order valence-corrected chi connectivity index (χ4v) is 1.76. The lowest BCUT2D eigenvalue weighted by Crippen LogP contribution is -2.19. The minimum Gasteiger partial charge on any atom is -0.393 e. The van der Waals surface area contributed by atoms with Crippen LogP contribution in [0.4, 0.5) is 0 Å². The van der Waals surface area contributed by atoms with Crippen LogP contribution in [-0.2, 0) is 4.79 Å². The Morgan fingerprint density at radius 2 is 1.91 bits per heavy atom. The van der Waals surface area contributed by atoms with E-state index in [0.29, 0.717) is 12.3 Å². The Hall–Kier alpha value is -0.370. The summed E-state index contributed by atoms with van der Waals surface area (Å²) >= 11 is 0. The highest BCUT2D eigenvalue weighted by molar-refractivity contribution is 5.75. The predicted octanol–water partition coefficient (Wildman–Crippen LogP) is 1.52. The van der Waals surface area contributed by atoms with Crippen molar-refractivity contribution >= 4 is 5.78 Å². The second-order valence-corrected chi connectivity index (χ2v) is 3.58. The highest BCUT2D eigenvalue weighted by Gasteiger charge is 2.19. The molecule has 0 heterocycles. The molecule has 1 aliphatic carbocycles. The number of aliphatic hydroxyl groups excluding tert-OH is 1. The van der Waals surface area contributed by atoms with E-state index >= 15 is 0 Å². The van der Waals surface area contributed by atoms with E-state index in [9.17, 15) is 9.90 Å². The molecule has 0 aromatic rings. The monoisotopic (exact) mass is 156 g/mol. The highest BCUT2D eigenvalue weighted by Crippen LogP contribution is 2.26. The summed E-state index contributed by atoms with van der Waals surface area (Å²) in [7, 11) is 0. The van der Waals surface area contributed by atoms with Crippen LogP contribution in [0.25, 0.3) is 0 Å². The molecule has 0 saturated heterocycles. The summed E-state index contributed by atoms with van der Waals surface area (Å²) in [5.74, 6) is 0.835. The lowest BCUT2D eigenvalue weighted by Gasteiger charge is -2.24. The van der Waals surface area contributed by atoms with Gasteiger partial charge < -0.3 is 9.90 Å². The number of rotatable bonds is 2. The first-order chi connectivity index (χ1) is 5.18. The minimum atomic E-state index is -0.0989. The van der Waals surface area contributed by atoms with Crippen LogP contribution in [-0.4, -0.2) is 17.0 Å². The van der Waals surface area contributed by atoms with E-state index in [0.717, 1.165) is 25.7 Å². The molecule has 1 fully saturated rings. The maximum atomic E-state index is 10.7. The van der Waals surface area contributed by atoms with E-state index < -0.39 is 0 Å². The summed E-state index contributed by atoms with van der Waals surface area (Å²) in [6, 6.07) is 0. The van der Waals surface area contributed by atoms with Crippen molar-refractivity contribution in [1.82, 2.24) is 0 Å². The van der Waals surface area contributed by atoms with Gasteiger partial charge in [0.25, 0.3) is 0 Å². The highest BCUT2D eigenvalue weighted by atomic mass is 16.3. The second-order valence-electron chi connectivity index (χ2n) is 3.58. The molecule has 2 heteroatoms. The molecule has 2 nitrogen and oxygen atoms in total. The average Bonchev–Trinajstić information content (AvgIpc) is 1.93. The Bertz CT molecular complexity index is 134. The number of Topliss-reactive ketones (excluding diaryl/α,β-unsaturated/α-hetero) is 1. The summed E-state index contributed by atoms with van der Waals surface area (Å²) in [5.41, 5.74) is 0. The van der Waals surface area contributed by atoms with E-state index in [-0.39, 0.29) is 11.9 Å². The Morgan fingerprint density at radius 3 is 2.36 bits per heavy atom. The van der Waals surface area contributed by atoms with Gasteiger partial charge in [-0.25, -0.2) is 0 Å². The van der Waals surface area contributed by atoms with Gasteiger partial charge >= 0.3 is 0 Å².